The van der Waals surface area contributed by atoms with Crippen molar-refractivity contribution >= 4 is 5.69 Å². The van der Waals surface area contributed by atoms with E-state index in [1.165, 1.54) is 33.5 Å². The smallest absolute Gasteiger partial charge is 0.0400 e. The molecule has 0 amide bonds. The van der Waals surface area contributed by atoms with Crippen LogP contribution in [0.3, 0.4) is 0 Å². The summed E-state index contributed by atoms with van der Waals surface area (Å²) in [6, 6.07) is 13.4. The Kier molecular flexibility index (Phi) is 4.41. The topological polar surface area (TPSA) is 12.0 Å². The van der Waals surface area contributed by atoms with Crippen molar-refractivity contribution in [3.8, 4) is 0 Å². The molecule has 1 N–H and O–H groups in total. The molecule has 2 rings (SSSR count). The summed E-state index contributed by atoms with van der Waals surface area (Å²) < 4.78 is 0. The third kappa shape index (κ3) is 3.87. The van der Waals surface area contributed by atoms with E-state index in [4.69, 9.17) is 0 Å². The van der Waals surface area contributed by atoms with Gasteiger partial charge in [-0.1, -0.05) is 45.0 Å². The van der Waals surface area contributed by atoms with Crippen LogP contribution in [0.25, 0.3) is 0 Å². The lowest BCUT2D eigenvalue weighted by Crippen LogP contribution is -2.11. The highest BCUT2D eigenvalue weighted by atomic mass is 14.9. The fourth-order valence-electron chi connectivity index (χ4n) is 2.46. The molecule has 0 saturated carbocycles. The van der Waals surface area contributed by atoms with Crippen LogP contribution in [0, 0.1) is 20.8 Å². The van der Waals surface area contributed by atoms with Crippen LogP contribution < -0.4 is 5.32 Å². The summed E-state index contributed by atoms with van der Waals surface area (Å²) in [7, 11) is 0. The van der Waals surface area contributed by atoms with Crippen molar-refractivity contribution < 1.29 is 0 Å². The van der Waals surface area contributed by atoms with Gasteiger partial charge in [0.15, 0.2) is 0 Å². The lowest BCUT2D eigenvalue weighted by Gasteiger charge is -2.19. The predicted octanol–water partition coefficient (Wildman–Crippen LogP) is 5.52. The first-order valence-electron chi connectivity index (χ1n) is 7.68. The van der Waals surface area contributed by atoms with Gasteiger partial charge in [-0.3, -0.25) is 0 Å². The lowest BCUT2D eigenvalue weighted by molar-refractivity contribution is 0.590. The maximum Gasteiger partial charge on any atom is 0.0400 e. The zero-order valence-electron chi connectivity index (χ0n) is 14.2. The Labute approximate surface area is 129 Å². The van der Waals surface area contributed by atoms with Crippen molar-refractivity contribution in [1.29, 1.82) is 0 Å². The van der Waals surface area contributed by atoms with E-state index < -0.39 is 0 Å². The highest BCUT2D eigenvalue weighted by molar-refractivity contribution is 5.52. The molecule has 0 aromatic heterocycles. The number of nitrogens with one attached hydrogen (secondary N) is 1. The average Bonchev–Trinajstić information content (AvgIpc) is 2.42. The summed E-state index contributed by atoms with van der Waals surface area (Å²) in [5, 5.41) is 3.53. The van der Waals surface area contributed by atoms with Crippen molar-refractivity contribution in [3.63, 3.8) is 0 Å². The third-order valence-corrected chi connectivity index (χ3v) is 4.24. The number of rotatable bonds is 3. The second kappa shape index (κ2) is 5.93. The minimum Gasteiger partial charge on any atom is -0.381 e. The SMILES string of the molecule is Cc1cc(NCc2ccc(C(C)(C)C)cc2)cc(C)c1C. The molecule has 0 saturated heterocycles. The van der Waals surface area contributed by atoms with Crippen molar-refractivity contribution in [3.05, 3.63) is 64.2 Å². The maximum atomic E-state index is 3.53. The molecule has 0 heterocycles. The molecule has 0 bridgehead atoms. The fraction of sp³-hybridized carbons (Fsp3) is 0.400. The van der Waals surface area contributed by atoms with E-state index in [-0.39, 0.29) is 5.41 Å². The van der Waals surface area contributed by atoms with E-state index in [2.05, 4.69) is 83.3 Å². The molecule has 1 heteroatoms. The van der Waals surface area contributed by atoms with E-state index in [9.17, 15) is 0 Å². The molecule has 0 spiro atoms. The van der Waals surface area contributed by atoms with Crippen LogP contribution in [-0.4, -0.2) is 0 Å². The molecule has 0 fully saturated rings. The highest BCUT2D eigenvalue weighted by Crippen LogP contribution is 2.23. The van der Waals surface area contributed by atoms with Crippen LogP contribution >= 0.6 is 0 Å². The molecule has 0 atom stereocenters. The molecule has 1 nitrogen and oxygen atoms in total. The van der Waals surface area contributed by atoms with E-state index in [1.54, 1.807) is 0 Å². The Bertz CT molecular complexity index is 592. The van der Waals surface area contributed by atoms with Gasteiger partial charge in [-0.15, -0.1) is 0 Å². The number of hydrogen-bond acceptors (Lipinski definition) is 1. The number of anilines is 1. The van der Waals surface area contributed by atoms with Crippen LogP contribution in [0.5, 0.6) is 0 Å². The van der Waals surface area contributed by atoms with Gasteiger partial charge in [0.05, 0.1) is 0 Å². The second-order valence-electron chi connectivity index (χ2n) is 7.04. The number of aryl methyl sites for hydroxylation is 2. The van der Waals surface area contributed by atoms with Crippen molar-refractivity contribution in [1.82, 2.24) is 0 Å². The summed E-state index contributed by atoms with van der Waals surface area (Å²) in [5.41, 5.74) is 8.20. The fourth-order valence-corrected chi connectivity index (χ4v) is 2.46. The zero-order chi connectivity index (χ0) is 15.6. The lowest BCUT2D eigenvalue weighted by atomic mass is 9.87. The summed E-state index contributed by atoms with van der Waals surface area (Å²) in [5.74, 6) is 0. The Morgan fingerprint density at radius 3 is 1.86 bits per heavy atom. The van der Waals surface area contributed by atoms with Gasteiger partial charge >= 0.3 is 0 Å². The molecule has 2 aromatic carbocycles. The minimum atomic E-state index is 0.219. The average molecular weight is 281 g/mol. The molecule has 0 aliphatic heterocycles. The monoisotopic (exact) mass is 281 g/mol. The van der Waals surface area contributed by atoms with Crippen molar-refractivity contribution in [2.75, 3.05) is 5.32 Å². The van der Waals surface area contributed by atoms with E-state index in [0.29, 0.717) is 0 Å². The summed E-state index contributed by atoms with van der Waals surface area (Å²) in [6.45, 7) is 14.1. The van der Waals surface area contributed by atoms with Gasteiger partial charge in [0.1, 0.15) is 0 Å². The summed E-state index contributed by atoms with van der Waals surface area (Å²) in [4.78, 5) is 0. The van der Waals surface area contributed by atoms with Crippen LogP contribution in [0.4, 0.5) is 5.69 Å². The van der Waals surface area contributed by atoms with Crippen LogP contribution in [-0.2, 0) is 12.0 Å². The van der Waals surface area contributed by atoms with Gasteiger partial charge in [0.2, 0.25) is 0 Å². The number of hydrogen-bond donors (Lipinski definition) is 1. The van der Waals surface area contributed by atoms with Crippen LogP contribution in [0.1, 0.15) is 48.6 Å². The van der Waals surface area contributed by atoms with Gasteiger partial charge in [0, 0.05) is 12.2 Å². The van der Waals surface area contributed by atoms with Crippen LogP contribution in [0.2, 0.25) is 0 Å². The van der Waals surface area contributed by atoms with Gasteiger partial charge in [-0.25, -0.2) is 0 Å². The molecule has 112 valence electrons. The van der Waals surface area contributed by atoms with Gasteiger partial charge < -0.3 is 5.32 Å². The summed E-state index contributed by atoms with van der Waals surface area (Å²) >= 11 is 0. The molecular weight excluding hydrogens is 254 g/mol. The van der Waals surface area contributed by atoms with Gasteiger partial charge in [-0.05, 0) is 66.1 Å². The second-order valence-corrected chi connectivity index (χ2v) is 7.04. The Morgan fingerprint density at radius 2 is 1.38 bits per heavy atom. The Balaban J connectivity index is 2.07. The predicted molar refractivity (Wildman–Crippen MR) is 93.1 cm³/mol. The molecule has 0 aliphatic carbocycles. The third-order valence-electron chi connectivity index (χ3n) is 4.24. The van der Waals surface area contributed by atoms with Crippen molar-refractivity contribution in [2.45, 2.75) is 53.5 Å². The molecule has 21 heavy (non-hydrogen) atoms. The summed E-state index contributed by atoms with van der Waals surface area (Å²) in [6.07, 6.45) is 0. The maximum absolute atomic E-state index is 3.53. The quantitative estimate of drug-likeness (QED) is 0.781. The molecule has 0 aliphatic rings. The first kappa shape index (κ1) is 15.6. The zero-order valence-corrected chi connectivity index (χ0v) is 14.2. The first-order chi connectivity index (χ1) is 9.77. The standard InChI is InChI=1S/C20H27N/c1-14-11-19(12-15(2)16(14)3)21-13-17-7-9-18(10-8-17)20(4,5)6/h7-12,21H,13H2,1-6H3. The molecule has 0 unspecified atom stereocenters. The molecular formula is C20H27N. The Hall–Kier alpha value is -1.76. The molecule has 0 radical (unpaired) electrons. The van der Waals surface area contributed by atoms with Gasteiger partial charge in [0.25, 0.3) is 0 Å². The van der Waals surface area contributed by atoms with E-state index >= 15 is 0 Å². The molecule has 2 aromatic rings. The van der Waals surface area contributed by atoms with E-state index in [1.807, 2.05) is 0 Å². The first-order valence-corrected chi connectivity index (χ1v) is 7.68. The largest absolute Gasteiger partial charge is 0.381 e. The van der Waals surface area contributed by atoms with Gasteiger partial charge in [-0.2, -0.15) is 0 Å². The van der Waals surface area contributed by atoms with Crippen molar-refractivity contribution in [2.24, 2.45) is 0 Å². The highest BCUT2D eigenvalue weighted by Gasteiger charge is 2.12. The number of benzene rings is 2. The van der Waals surface area contributed by atoms with Crippen LogP contribution in [0.15, 0.2) is 36.4 Å². The van der Waals surface area contributed by atoms with E-state index in [0.717, 1.165) is 6.54 Å². The minimum absolute atomic E-state index is 0.219. The normalized spacial score (nSPS) is 11.5. The Morgan fingerprint density at radius 1 is 0.857 bits per heavy atom.